The van der Waals surface area contributed by atoms with E-state index in [1.54, 1.807) is 12.1 Å². The Morgan fingerprint density at radius 2 is 1.88 bits per heavy atom. The van der Waals surface area contributed by atoms with Crippen LogP contribution in [-0.2, 0) is 11.2 Å². The van der Waals surface area contributed by atoms with Gasteiger partial charge in [-0.3, -0.25) is 4.79 Å². The molecule has 0 aliphatic carbocycles. The van der Waals surface area contributed by atoms with Gasteiger partial charge in [-0.05, 0) is 31.0 Å². The molecule has 1 amide bonds. The van der Waals surface area contributed by atoms with Gasteiger partial charge in [0.15, 0.2) is 5.58 Å². The number of amides is 1. The lowest BCUT2D eigenvalue weighted by Crippen LogP contribution is -2.15. The van der Waals surface area contributed by atoms with Gasteiger partial charge in [-0.1, -0.05) is 22.8 Å². The van der Waals surface area contributed by atoms with Gasteiger partial charge in [0.2, 0.25) is 5.91 Å². The second-order valence-electron chi connectivity index (χ2n) is 6.00. The highest BCUT2D eigenvalue weighted by molar-refractivity contribution is 6.32. The summed E-state index contributed by atoms with van der Waals surface area (Å²) >= 11 is 6.09. The molecule has 0 saturated heterocycles. The van der Waals surface area contributed by atoms with Crippen molar-refractivity contribution in [2.45, 2.75) is 20.3 Å². The van der Waals surface area contributed by atoms with Crippen molar-refractivity contribution in [3.8, 4) is 11.5 Å². The predicted molar refractivity (Wildman–Crippen MR) is 100 cm³/mol. The Labute approximate surface area is 156 Å². The van der Waals surface area contributed by atoms with Gasteiger partial charge in [0.1, 0.15) is 17.2 Å². The minimum atomic E-state index is -0.247. The number of nitrogens with one attached hydrogen (secondary N) is 1. The molecule has 6 nitrogen and oxygen atoms in total. The summed E-state index contributed by atoms with van der Waals surface area (Å²) in [6.07, 6.45) is 0.0744. The van der Waals surface area contributed by atoms with E-state index in [2.05, 4.69) is 10.5 Å². The molecule has 26 heavy (non-hydrogen) atoms. The van der Waals surface area contributed by atoms with Crippen LogP contribution in [0.4, 0.5) is 5.69 Å². The number of benzene rings is 2. The molecule has 0 aliphatic heterocycles. The number of ether oxygens (including phenoxy) is 2. The molecule has 0 aliphatic rings. The Morgan fingerprint density at radius 3 is 2.58 bits per heavy atom. The number of hydrogen-bond donors (Lipinski definition) is 1. The fraction of sp³-hybridized carbons (Fsp3) is 0.263. The zero-order valence-electron chi connectivity index (χ0n) is 15.0. The van der Waals surface area contributed by atoms with Crippen LogP contribution < -0.4 is 14.8 Å². The number of methoxy groups -OCH3 is 2. The van der Waals surface area contributed by atoms with Crippen LogP contribution in [0, 0.1) is 13.8 Å². The molecule has 1 aromatic heterocycles. The summed E-state index contributed by atoms with van der Waals surface area (Å²) in [6.45, 7) is 3.96. The normalized spacial score (nSPS) is 10.8. The lowest BCUT2D eigenvalue weighted by atomic mass is 10.0. The highest BCUT2D eigenvalue weighted by Crippen LogP contribution is 2.36. The lowest BCUT2D eigenvalue weighted by Gasteiger charge is -2.13. The molecule has 0 bridgehead atoms. The number of halogens is 1. The third-order valence-corrected chi connectivity index (χ3v) is 4.36. The van der Waals surface area contributed by atoms with Crippen molar-refractivity contribution in [3.63, 3.8) is 0 Å². The van der Waals surface area contributed by atoms with E-state index in [-0.39, 0.29) is 12.3 Å². The van der Waals surface area contributed by atoms with Crippen molar-refractivity contribution < 1.29 is 18.8 Å². The molecule has 136 valence electrons. The Morgan fingerprint density at radius 1 is 1.15 bits per heavy atom. The molecular weight excluding hydrogens is 356 g/mol. The molecule has 7 heteroatoms. The zero-order chi connectivity index (χ0) is 18.8. The molecule has 0 atom stereocenters. The quantitative estimate of drug-likeness (QED) is 0.720. The number of rotatable bonds is 5. The molecule has 0 spiro atoms. The first-order valence-electron chi connectivity index (χ1n) is 7.99. The van der Waals surface area contributed by atoms with Gasteiger partial charge in [0, 0.05) is 17.5 Å². The van der Waals surface area contributed by atoms with Crippen LogP contribution >= 0.6 is 11.6 Å². The second kappa shape index (κ2) is 7.25. The molecular formula is C19H19ClN2O4. The molecule has 3 rings (SSSR count). The Hall–Kier alpha value is -2.73. The smallest absolute Gasteiger partial charge is 0.230 e. The average Bonchev–Trinajstić information content (AvgIpc) is 2.98. The average molecular weight is 375 g/mol. The predicted octanol–water partition coefficient (Wildman–Crippen LogP) is 4.30. The van der Waals surface area contributed by atoms with Crippen molar-refractivity contribution in [1.29, 1.82) is 0 Å². The third-order valence-electron chi connectivity index (χ3n) is 4.06. The number of carbonyl (C=O) groups excluding carboxylic acids is 1. The lowest BCUT2D eigenvalue weighted by molar-refractivity contribution is -0.115. The summed E-state index contributed by atoms with van der Waals surface area (Å²) in [4.78, 5) is 12.5. The highest BCUT2D eigenvalue weighted by Gasteiger charge is 2.17. The van der Waals surface area contributed by atoms with Crippen LogP contribution in [-0.4, -0.2) is 25.3 Å². The number of nitrogens with zero attached hydrogens (tertiary/aromatic N) is 1. The SMILES string of the molecule is COc1cc(NC(=O)Cc2noc3cc(C)cc(C)c23)c(OC)cc1Cl. The van der Waals surface area contributed by atoms with Crippen molar-refractivity contribution in [2.24, 2.45) is 0 Å². The van der Waals surface area contributed by atoms with Gasteiger partial charge in [0.05, 0.1) is 31.4 Å². The maximum Gasteiger partial charge on any atom is 0.230 e. The molecule has 2 aromatic carbocycles. The molecule has 0 fully saturated rings. The summed E-state index contributed by atoms with van der Waals surface area (Å²) in [5.74, 6) is 0.643. The summed E-state index contributed by atoms with van der Waals surface area (Å²) in [6, 6.07) is 7.15. The fourth-order valence-electron chi connectivity index (χ4n) is 2.95. The van der Waals surface area contributed by atoms with Crippen LogP contribution in [0.15, 0.2) is 28.8 Å². The summed E-state index contributed by atoms with van der Waals surface area (Å²) in [5, 5.41) is 8.14. The van der Waals surface area contributed by atoms with E-state index in [0.29, 0.717) is 33.5 Å². The third kappa shape index (κ3) is 3.46. The first kappa shape index (κ1) is 18.1. The second-order valence-corrected chi connectivity index (χ2v) is 6.40. The molecule has 3 aromatic rings. The van der Waals surface area contributed by atoms with E-state index in [4.69, 9.17) is 25.6 Å². The number of anilines is 1. The Bertz CT molecular complexity index is 981. The van der Waals surface area contributed by atoms with E-state index in [9.17, 15) is 4.79 Å². The zero-order valence-corrected chi connectivity index (χ0v) is 15.7. The van der Waals surface area contributed by atoms with Gasteiger partial charge < -0.3 is 19.3 Å². The number of aromatic nitrogens is 1. The topological polar surface area (TPSA) is 73.6 Å². The minimum absolute atomic E-state index is 0.0744. The molecule has 0 saturated carbocycles. The van der Waals surface area contributed by atoms with Crippen LogP contribution in [0.25, 0.3) is 11.0 Å². The molecule has 1 heterocycles. The monoisotopic (exact) mass is 374 g/mol. The van der Waals surface area contributed by atoms with Crippen LogP contribution in [0.1, 0.15) is 16.8 Å². The maximum absolute atomic E-state index is 12.5. The number of fused-ring (bicyclic) bond motifs is 1. The molecule has 0 unspecified atom stereocenters. The van der Waals surface area contributed by atoms with Crippen molar-refractivity contribution in [2.75, 3.05) is 19.5 Å². The van der Waals surface area contributed by atoms with E-state index in [0.717, 1.165) is 16.5 Å². The van der Waals surface area contributed by atoms with Gasteiger partial charge in [-0.15, -0.1) is 0 Å². The first-order valence-corrected chi connectivity index (χ1v) is 8.37. The van der Waals surface area contributed by atoms with Gasteiger partial charge in [-0.25, -0.2) is 0 Å². The van der Waals surface area contributed by atoms with Gasteiger partial charge in [0.25, 0.3) is 0 Å². The van der Waals surface area contributed by atoms with Crippen LogP contribution in [0.2, 0.25) is 5.02 Å². The van der Waals surface area contributed by atoms with E-state index >= 15 is 0 Å². The number of carbonyl (C=O) groups is 1. The standard InChI is InChI=1S/C19H19ClN2O4/c1-10-5-11(2)19-14(22-26-17(19)6-10)9-18(23)21-13-8-15(24-3)12(20)7-16(13)25-4/h5-8H,9H2,1-4H3,(H,21,23). The van der Waals surface area contributed by atoms with Crippen molar-refractivity contribution in [1.82, 2.24) is 5.16 Å². The molecule has 1 N–H and O–H groups in total. The summed E-state index contributed by atoms with van der Waals surface area (Å²) in [5.41, 5.74) is 3.85. The number of aryl methyl sites for hydroxylation is 2. The van der Waals surface area contributed by atoms with Gasteiger partial charge >= 0.3 is 0 Å². The summed E-state index contributed by atoms with van der Waals surface area (Å²) < 4.78 is 15.8. The first-order chi connectivity index (χ1) is 12.4. The minimum Gasteiger partial charge on any atom is -0.495 e. The van der Waals surface area contributed by atoms with E-state index < -0.39 is 0 Å². The van der Waals surface area contributed by atoms with E-state index in [1.807, 2.05) is 26.0 Å². The van der Waals surface area contributed by atoms with Crippen molar-refractivity contribution in [3.05, 3.63) is 46.1 Å². The maximum atomic E-state index is 12.5. The van der Waals surface area contributed by atoms with E-state index in [1.165, 1.54) is 14.2 Å². The van der Waals surface area contributed by atoms with Crippen molar-refractivity contribution >= 4 is 34.2 Å². The Balaban J connectivity index is 1.86. The summed E-state index contributed by atoms with van der Waals surface area (Å²) in [7, 11) is 3.01. The number of hydrogen-bond acceptors (Lipinski definition) is 5. The van der Waals surface area contributed by atoms with Crippen LogP contribution in [0.5, 0.6) is 11.5 Å². The van der Waals surface area contributed by atoms with Crippen LogP contribution in [0.3, 0.4) is 0 Å². The Kier molecular flexibility index (Phi) is 5.04. The fourth-order valence-corrected chi connectivity index (χ4v) is 3.18. The molecule has 0 radical (unpaired) electrons. The van der Waals surface area contributed by atoms with Gasteiger partial charge in [-0.2, -0.15) is 0 Å². The highest BCUT2D eigenvalue weighted by atomic mass is 35.5. The largest absolute Gasteiger partial charge is 0.495 e.